The molecule has 1 N–H and O–H groups in total. The maximum absolute atomic E-state index is 11.3. The third-order valence-electron chi connectivity index (χ3n) is 2.48. The van der Waals surface area contributed by atoms with Crippen LogP contribution in [0.1, 0.15) is 24.2 Å². The van der Waals surface area contributed by atoms with Crippen LogP contribution in [-0.4, -0.2) is 22.2 Å². The number of rotatable bonds is 5. The first-order valence-corrected chi connectivity index (χ1v) is 7.37. The van der Waals surface area contributed by atoms with Gasteiger partial charge in [0, 0.05) is 9.77 Å². The average molecular weight is 399 g/mol. The highest BCUT2D eigenvalue weighted by Gasteiger charge is 2.16. The zero-order valence-electron chi connectivity index (χ0n) is 11.5. The summed E-state index contributed by atoms with van der Waals surface area (Å²) >= 11 is 2.05. The van der Waals surface area contributed by atoms with Crippen molar-refractivity contribution in [2.75, 3.05) is 0 Å². The molecule has 2 aromatic rings. The lowest BCUT2D eigenvalue weighted by Crippen LogP contribution is -2.07. The van der Waals surface area contributed by atoms with E-state index in [2.05, 4.69) is 4.98 Å². The van der Waals surface area contributed by atoms with Gasteiger partial charge in [0.05, 0.1) is 6.10 Å². The SMILES string of the molecule is CC(C)Oc1cccnc1Oc1ccc(I)cc1C(=O)O. The lowest BCUT2D eigenvalue weighted by molar-refractivity contribution is 0.0693. The number of ether oxygens (including phenoxy) is 2. The van der Waals surface area contributed by atoms with Crippen molar-refractivity contribution in [3.05, 3.63) is 45.7 Å². The fraction of sp³-hybridized carbons (Fsp3) is 0.200. The van der Waals surface area contributed by atoms with E-state index in [4.69, 9.17) is 9.47 Å². The standard InChI is InChI=1S/C15H14INO4/c1-9(2)20-13-4-3-7-17-14(13)21-12-6-5-10(16)8-11(12)15(18)19/h3-9H,1-2H3,(H,18,19). The van der Waals surface area contributed by atoms with Crippen molar-refractivity contribution in [3.63, 3.8) is 0 Å². The Kier molecular flexibility index (Phi) is 5.00. The molecule has 0 saturated carbocycles. The van der Waals surface area contributed by atoms with Crippen molar-refractivity contribution >= 4 is 28.6 Å². The van der Waals surface area contributed by atoms with Crippen LogP contribution in [0.5, 0.6) is 17.4 Å². The van der Waals surface area contributed by atoms with Gasteiger partial charge in [-0.3, -0.25) is 0 Å². The van der Waals surface area contributed by atoms with Crippen LogP contribution in [0.2, 0.25) is 0 Å². The molecule has 0 atom stereocenters. The molecule has 6 heteroatoms. The van der Waals surface area contributed by atoms with E-state index in [1.807, 2.05) is 36.4 Å². The number of carboxylic acid groups (broad SMARTS) is 1. The minimum Gasteiger partial charge on any atom is -0.485 e. The number of carboxylic acids is 1. The van der Waals surface area contributed by atoms with Crippen LogP contribution in [0.15, 0.2) is 36.5 Å². The van der Waals surface area contributed by atoms with Crippen LogP contribution >= 0.6 is 22.6 Å². The Morgan fingerprint density at radius 3 is 2.71 bits per heavy atom. The second kappa shape index (κ2) is 6.75. The van der Waals surface area contributed by atoms with Gasteiger partial charge in [0.15, 0.2) is 5.75 Å². The maximum atomic E-state index is 11.3. The lowest BCUT2D eigenvalue weighted by atomic mass is 10.2. The Labute approximate surface area is 136 Å². The molecule has 0 radical (unpaired) electrons. The molecule has 0 fully saturated rings. The number of aromatic carboxylic acids is 1. The molecule has 5 nitrogen and oxygen atoms in total. The molecule has 0 bridgehead atoms. The van der Waals surface area contributed by atoms with Gasteiger partial charge in [0.25, 0.3) is 5.88 Å². The van der Waals surface area contributed by atoms with Crippen molar-refractivity contribution in [1.82, 2.24) is 4.98 Å². The monoisotopic (exact) mass is 399 g/mol. The molecule has 110 valence electrons. The molecule has 1 aromatic carbocycles. The summed E-state index contributed by atoms with van der Waals surface area (Å²) in [6.45, 7) is 3.79. The predicted octanol–water partition coefficient (Wildman–Crippen LogP) is 3.96. The summed E-state index contributed by atoms with van der Waals surface area (Å²) in [5.41, 5.74) is 0.0862. The van der Waals surface area contributed by atoms with Crippen molar-refractivity contribution in [2.24, 2.45) is 0 Å². The highest BCUT2D eigenvalue weighted by molar-refractivity contribution is 14.1. The first-order valence-electron chi connectivity index (χ1n) is 6.29. The van der Waals surface area contributed by atoms with Crippen molar-refractivity contribution in [2.45, 2.75) is 20.0 Å². The summed E-state index contributed by atoms with van der Waals surface area (Å²) in [5.74, 6) is -0.0988. The molecule has 0 unspecified atom stereocenters. The van der Waals surface area contributed by atoms with Gasteiger partial charge in [-0.05, 0) is 66.8 Å². The van der Waals surface area contributed by atoms with E-state index >= 15 is 0 Å². The fourth-order valence-electron chi connectivity index (χ4n) is 1.66. The zero-order chi connectivity index (χ0) is 15.4. The van der Waals surface area contributed by atoms with Crippen molar-refractivity contribution < 1.29 is 19.4 Å². The molecule has 0 saturated heterocycles. The first kappa shape index (κ1) is 15.6. The van der Waals surface area contributed by atoms with Crippen LogP contribution < -0.4 is 9.47 Å². The van der Waals surface area contributed by atoms with Gasteiger partial charge < -0.3 is 14.6 Å². The van der Waals surface area contributed by atoms with E-state index in [-0.39, 0.29) is 23.3 Å². The number of halogens is 1. The van der Waals surface area contributed by atoms with Gasteiger partial charge in [-0.2, -0.15) is 0 Å². The molecule has 0 spiro atoms. The molecule has 0 aliphatic carbocycles. The quantitative estimate of drug-likeness (QED) is 0.771. The Morgan fingerprint density at radius 2 is 2.05 bits per heavy atom. The van der Waals surface area contributed by atoms with Crippen LogP contribution in [-0.2, 0) is 0 Å². The van der Waals surface area contributed by atoms with Gasteiger partial charge in [0.1, 0.15) is 11.3 Å². The number of benzene rings is 1. The predicted molar refractivity (Wildman–Crippen MR) is 86.2 cm³/mol. The molecular formula is C15H14INO4. The average Bonchev–Trinajstić information content (AvgIpc) is 2.42. The summed E-state index contributed by atoms with van der Waals surface area (Å²) in [6, 6.07) is 8.39. The molecule has 0 aliphatic heterocycles. The largest absolute Gasteiger partial charge is 0.485 e. The van der Waals surface area contributed by atoms with Crippen LogP contribution in [0, 0.1) is 3.57 Å². The summed E-state index contributed by atoms with van der Waals surface area (Å²) in [5, 5.41) is 9.25. The van der Waals surface area contributed by atoms with Crippen molar-refractivity contribution in [1.29, 1.82) is 0 Å². The van der Waals surface area contributed by atoms with Gasteiger partial charge >= 0.3 is 5.97 Å². The summed E-state index contributed by atoms with van der Waals surface area (Å²) in [7, 11) is 0. The van der Waals surface area contributed by atoms with Crippen molar-refractivity contribution in [3.8, 4) is 17.4 Å². The zero-order valence-corrected chi connectivity index (χ0v) is 13.7. The number of carbonyl (C=O) groups is 1. The third kappa shape index (κ3) is 4.07. The molecule has 1 aromatic heterocycles. The second-order valence-electron chi connectivity index (χ2n) is 4.52. The van der Waals surface area contributed by atoms with Crippen LogP contribution in [0.4, 0.5) is 0 Å². The Morgan fingerprint density at radius 1 is 1.29 bits per heavy atom. The number of hydrogen-bond donors (Lipinski definition) is 1. The Bertz CT molecular complexity index is 658. The van der Waals surface area contributed by atoms with Gasteiger partial charge in [-0.1, -0.05) is 0 Å². The molecule has 0 amide bonds. The Hall–Kier alpha value is -1.83. The topological polar surface area (TPSA) is 68.7 Å². The number of hydrogen-bond acceptors (Lipinski definition) is 4. The number of pyridine rings is 1. The summed E-state index contributed by atoms with van der Waals surface area (Å²) in [4.78, 5) is 15.4. The minimum absolute atomic E-state index is 0.0350. The highest BCUT2D eigenvalue weighted by atomic mass is 127. The van der Waals surface area contributed by atoms with E-state index in [1.54, 1.807) is 36.5 Å². The summed E-state index contributed by atoms with van der Waals surface area (Å²) in [6.07, 6.45) is 1.53. The van der Waals surface area contributed by atoms with Crippen LogP contribution in [0.3, 0.4) is 0 Å². The number of aromatic nitrogens is 1. The van der Waals surface area contributed by atoms with E-state index in [9.17, 15) is 9.90 Å². The Balaban J connectivity index is 2.37. The van der Waals surface area contributed by atoms with E-state index in [1.165, 1.54) is 0 Å². The molecule has 2 rings (SSSR count). The highest BCUT2D eigenvalue weighted by Crippen LogP contribution is 2.32. The van der Waals surface area contributed by atoms with Gasteiger partial charge in [-0.15, -0.1) is 0 Å². The molecule has 21 heavy (non-hydrogen) atoms. The molecule has 0 aliphatic rings. The van der Waals surface area contributed by atoms with E-state index < -0.39 is 5.97 Å². The molecular weight excluding hydrogens is 385 g/mol. The van der Waals surface area contributed by atoms with E-state index in [0.29, 0.717) is 5.75 Å². The maximum Gasteiger partial charge on any atom is 0.339 e. The van der Waals surface area contributed by atoms with Gasteiger partial charge in [0.2, 0.25) is 0 Å². The van der Waals surface area contributed by atoms with Gasteiger partial charge in [-0.25, -0.2) is 9.78 Å². The first-order chi connectivity index (χ1) is 9.97. The van der Waals surface area contributed by atoms with Crippen LogP contribution in [0.25, 0.3) is 0 Å². The van der Waals surface area contributed by atoms with E-state index in [0.717, 1.165) is 3.57 Å². The normalized spacial score (nSPS) is 10.5. The fourth-order valence-corrected chi connectivity index (χ4v) is 2.15. The number of nitrogens with zero attached hydrogens (tertiary/aromatic N) is 1. The minimum atomic E-state index is -1.05. The smallest absolute Gasteiger partial charge is 0.339 e. The lowest BCUT2D eigenvalue weighted by Gasteiger charge is -2.14. The third-order valence-corrected chi connectivity index (χ3v) is 3.15. The second-order valence-corrected chi connectivity index (χ2v) is 5.77. The molecule has 1 heterocycles. The summed E-state index contributed by atoms with van der Waals surface area (Å²) < 4.78 is 12.1.